The van der Waals surface area contributed by atoms with Gasteiger partial charge >= 0.3 is 28.3 Å². The fraction of sp³-hybridized carbons (Fsp3) is 0.905. The summed E-state index contributed by atoms with van der Waals surface area (Å²) < 4.78 is 4.65. The van der Waals surface area contributed by atoms with Crippen molar-refractivity contribution in [3.8, 4) is 0 Å². The summed E-state index contributed by atoms with van der Waals surface area (Å²) in [6.45, 7) is 3.90. The van der Waals surface area contributed by atoms with E-state index in [0.29, 0.717) is 6.42 Å². The number of carboxylic acid groups (broad SMARTS) is 1. The minimum Gasteiger partial charge on any atom is -0.482 e. The average molecular weight is 525 g/mol. The van der Waals surface area contributed by atoms with Gasteiger partial charge in [-0.05, 0) is 6.42 Å². The van der Waals surface area contributed by atoms with Crippen LogP contribution in [0.5, 0.6) is 0 Å². The molecule has 0 aromatic carbocycles. The molecule has 0 amide bonds. The molecule has 0 fully saturated rings. The van der Waals surface area contributed by atoms with E-state index in [1.54, 1.807) is 0 Å². The topological polar surface area (TPSA) is 125 Å². The first-order chi connectivity index (χ1) is 14.0. The van der Waals surface area contributed by atoms with Crippen molar-refractivity contribution < 1.29 is 42.1 Å². The number of hydrogen-bond donors (Lipinski definition) is 1. The molecule has 0 radical (unpaired) electrons. The van der Waals surface area contributed by atoms with Gasteiger partial charge in [-0.3, -0.25) is 9.79 Å². The number of aliphatic carboxylic acids is 1. The molecular formula is C21H41AgN2O6. The molecule has 9 heteroatoms. The fourth-order valence-corrected chi connectivity index (χ4v) is 2.91. The van der Waals surface area contributed by atoms with Crippen LogP contribution in [0.3, 0.4) is 0 Å². The standard InChI is InChI=1S/C18H36O2.C3H5NO.Ag.NO3/c1-2-3-4-5-6-7-8-9-10-11-12-13-14-15-16-17-18(19)20;1-2-5-3-4-1;;2-1(3)4/h2-17H2,1H3,(H,19,20);3H,1-2H2;;/q;;+1;-1. The van der Waals surface area contributed by atoms with Crippen LogP contribution in [0.25, 0.3) is 0 Å². The van der Waals surface area contributed by atoms with E-state index in [0.717, 1.165) is 26.0 Å². The smallest absolute Gasteiger partial charge is 0.482 e. The van der Waals surface area contributed by atoms with Crippen molar-refractivity contribution in [2.24, 2.45) is 4.99 Å². The molecule has 30 heavy (non-hydrogen) atoms. The van der Waals surface area contributed by atoms with E-state index in [-0.39, 0.29) is 22.4 Å². The molecule has 0 saturated carbocycles. The Kier molecular flexibility index (Phi) is 33.6. The van der Waals surface area contributed by atoms with E-state index in [1.165, 1.54) is 89.9 Å². The molecule has 1 rings (SSSR count). The Labute approximate surface area is 197 Å². The second kappa shape index (κ2) is 30.1. The van der Waals surface area contributed by atoms with Gasteiger partial charge in [0.15, 0.2) is 6.40 Å². The van der Waals surface area contributed by atoms with Crippen LogP contribution in [-0.2, 0) is 31.9 Å². The molecule has 0 spiro atoms. The van der Waals surface area contributed by atoms with E-state index < -0.39 is 11.1 Å². The van der Waals surface area contributed by atoms with Gasteiger partial charge in [0.1, 0.15) is 6.61 Å². The maximum Gasteiger partial charge on any atom is 1.00 e. The third-order valence-corrected chi connectivity index (χ3v) is 4.48. The summed E-state index contributed by atoms with van der Waals surface area (Å²) in [7, 11) is 0. The monoisotopic (exact) mass is 524 g/mol. The van der Waals surface area contributed by atoms with Crippen LogP contribution >= 0.6 is 0 Å². The van der Waals surface area contributed by atoms with Gasteiger partial charge in [-0.2, -0.15) is 0 Å². The van der Waals surface area contributed by atoms with Crippen molar-refractivity contribution in [2.45, 2.75) is 110 Å². The summed E-state index contributed by atoms with van der Waals surface area (Å²) >= 11 is 0. The van der Waals surface area contributed by atoms with E-state index in [2.05, 4.69) is 16.7 Å². The Morgan fingerprint density at radius 2 is 1.27 bits per heavy atom. The zero-order chi connectivity index (χ0) is 22.0. The minimum absolute atomic E-state index is 0. The first-order valence-corrected chi connectivity index (χ1v) is 11.1. The van der Waals surface area contributed by atoms with Gasteiger partial charge in [-0.25, -0.2) is 0 Å². The Hall–Kier alpha value is -1.12. The predicted octanol–water partition coefficient (Wildman–Crippen LogP) is 6.14. The molecule has 182 valence electrons. The number of nitrogens with zero attached hydrogens (tertiary/aromatic N) is 2. The predicted molar refractivity (Wildman–Crippen MR) is 117 cm³/mol. The molecular weight excluding hydrogens is 484 g/mol. The van der Waals surface area contributed by atoms with E-state index in [9.17, 15) is 4.79 Å². The van der Waals surface area contributed by atoms with Gasteiger partial charge in [-0.1, -0.05) is 96.8 Å². The zero-order valence-corrected chi connectivity index (χ0v) is 20.0. The number of hydrogen-bond acceptors (Lipinski definition) is 6. The Morgan fingerprint density at radius 1 is 0.900 bits per heavy atom. The number of carbonyl (C=O) groups is 1. The SMILES string of the molecule is C1=NCCO1.CCCCCCCCCCCCCCCCCC(=O)O.O=[N+]([O-])[O-].[Ag+]. The summed E-state index contributed by atoms with van der Waals surface area (Å²) in [6.07, 6.45) is 21.7. The third kappa shape index (κ3) is 41.3. The van der Waals surface area contributed by atoms with Crippen molar-refractivity contribution in [1.29, 1.82) is 0 Å². The van der Waals surface area contributed by atoms with Crippen LogP contribution in [0, 0.1) is 15.3 Å². The molecule has 1 heterocycles. The van der Waals surface area contributed by atoms with Gasteiger partial charge < -0.3 is 25.2 Å². The number of carboxylic acids is 1. The van der Waals surface area contributed by atoms with E-state index in [4.69, 9.17) is 20.4 Å². The van der Waals surface area contributed by atoms with Crippen LogP contribution in [0.2, 0.25) is 0 Å². The van der Waals surface area contributed by atoms with Gasteiger partial charge in [-0.15, -0.1) is 0 Å². The fourth-order valence-electron chi connectivity index (χ4n) is 2.91. The number of unbranched alkanes of at least 4 members (excludes halogenated alkanes) is 14. The van der Waals surface area contributed by atoms with Crippen molar-refractivity contribution in [3.63, 3.8) is 0 Å². The first kappa shape index (κ1) is 33.5. The van der Waals surface area contributed by atoms with Crippen LogP contribution in [0.4, 0.5) is 0 Å². The van der Waals surface area contributed by atoms with Gasteiger partial charge in [0.2, 0.25) is 0 Å². The van der Waals surface area contributed by atoms with Crippen molar-refractivity contribution in [1.82, 2.24) is 0 Å². The normalized spacial score (nSPS) is 11.2. The second-order valence-electron chi connectivity index (χ2n) is 7.20. The maximum atomic E-state index is 10.3. The van der Waals surface area contributed by atoms with Crippen LogP contribution in [0.15, 0.2) is 4.99 Å². The molecule has 8 nitrogen and oxygen atoms in total. The van der Waals surface area contributed by atoms with Crippen molar-refractivity contribution >= 4 is 12.4 Å². The third-order valence-electron chi connectivity index (χ3n) is 4.48. The van der Waals surface area contributed by atoms with Crippen molar-refractivity contribution in [3.05, 3.63) is 15.3 Å². The van der Waals surface area contributed by atoms with Crippen LogP contribution < -0.4 is 0 Å². The summed E-state index contributed by atoms with van der Waals surface area (Å²) in [4.78, 5) is 22.3. The summed E-state index contributed by atoms with van der Waals surface area (Å²) in [5, 5.41) is 23.3. The molecule has 0 aromatic rings. The molecule has 0 atom stereocenters. The van der Waals surface area contributed by atoms with Gasteiger partial charge in [0.25, 0.3) is 0 Å². The molecule has 0 saturated heterocycles. The first-order valence-electron chi connectivity index (χ1n) is 11.1. The van der Waals surface area contributed by atoms with Gasteiger partial charge in [0, 0.05) is 6.42 Å². The largest absolute Gasteiger partial charge is 1.00 e. The number of aliphatic imine (C=N–C) groups is 1. The summed E-state index contributed by atoms with van der Waals surface area (Å²) in [6, 6.07) is 0. The Balaban J connectivity index is -0.000000598. The number of rotatable bonds is 16. The molecule has 1 aliphatic heterocycles. The van der Waals surface area contributed by atoms with E-state index >= 15 is 0 Å². The van der Waals surface area contributed by atoms with Crippen molar-refractivity contribution in [2.75, 3.05) is 13.2 Å². The van der Waals surface area contributed by atoms with Gasteiger partial charge in [0.05, 0.1) is 11.6 Å². The quantitative estimate of drug-likeness (QED) is 0.112. The molecule has 1 aliphatic rings. The average Bonchev–Trinajstić information content (AvgIpc) is 3.24. The summed E-state index contributed by atoms with van der Waals surface area (Å²) in [5.74, 6) is -0.653. The molecule has 0 aliphatic carbocycles. The van der Waals surface area contributed by atoms with Crippen LogP contribution in [0.1, 0.15) is 110 Å². The maximum absolute atomic E-state index is 10.3. The molecule has 0 unspecified atom stereocenters. The van der Waals surface area contributed by atoms with E-state index in [1.807, 2.05) is 0 Å². The van der Waals surface area contributed by atoms with Crippen LogP contribution in [-0.4, -0.2) is 35.7 Å². The number of ether oxygens (including phenoxy) is 1. The molecule has 0 aromatic heterocycles. The second-order valence-corrected chi connectivity index (χ2v) is 7.20. The molecule has 0 bridgehead atoms. The summed E-state index contributed by atoms with van der Waals surface area (Å²) in [5.41, 5.74) is 0. The molecule has 1 N–H and O–H groups in total. The zero-order valence-electron chi connectivity index (χ0n) is 18.5. The Bertz CT molecular complexity index is 388. The minimum atomic E-state index is -1.75. The Morgan fingerprint density at radius 3 is 1.50 bits per heavy atom.